The predicted octanol–water partition coefficient (Wildman–Crippen LogP) is 1.67. The van der Waals surface area contributed by atoms with E-state index in [4.69, 9.17) is 38.9 Å². The van der Waals surface area contributed by atoms with Crippen molar-refractivity contribution >= 4 is 29.0 Å². The summed E-state index contributed by atoms with van der Waals surface area (Å²) in [5.74, 6) is 0.596. The van der Waals surface area contributed by atoms with Gasteiger partial charge < -0.3 is 10.5 Å². The van der Waals surface area contributed by atoms with E-state index in [0.717, 1.165) is 4.68 Å². The molecule has 0 saturated heterocycles. The van der Waals surface area contributed by atoms with Crippen LogP contribution in [0, 0.1) is 17.4 Å². The maximum absolute atomic E-state index is 11.9. The van der Waals surface area contributed by atoms with E-state index in [1.54, 1.807) is 6.07 Å². The zero-order valence-electron chi connectivity index (χ0n) is 13.2. The van der Waals surface area contributed by atoms with Crippen molar-refractivity contribution in [2.24, 2.45) is 0 Å². The number of benzene rings is 1. The van der Waals surface area contributed by atoms with Crippen LogP contribution in [0.3, 0.4) is 0 Å². The molecule has 1 radical (unpaired) electrons. The Bertz CT molecular complexity index is 1130. The van der Waals surface area contributed by atoms with E-state index < -0.39 is 16.9 Å². The molecule has 27 heavy (non-hydrogen) atoms. The maximum Gasteiger partial charge on any atom is 0.349 e. The van der Waals surface area contributed by atoms with Gasteiger partial charge in [0.2, 0.25) is 5.69 Å². The van der Waals surface area contributed by atoms with Gasteiger partial charge in [0.05, 0.1) is 15.7 Å². The Morgan fingerprint density at radius 3 is 2.52 bits per heavy atom. The number of nitrogens with zero attached hydrogens (tertiary/aromatic N) is 4. The number of hydrogen-bond donors (Lipinski definition) is 2. The van der Waals surface area contributed by atoms with Gasteiger partial charge in [0.15, 0.2) is 0 Å². The van der Waals surface area contributed by atoms with Crippen LogP contribution in [0.25, 0.3) is 5.69 Å². The fourth-order valence-corrected chi connectivity index (χ4v) is 2.49. The van der Waals surface area contributed by atoms with Crippen LogP contribution in [-0.2, 0) is 32.7 Å². The summed E-state index contributed by atoms with van der Waals surface area (Å²) in [6.45, 7) is 0. The van der Waals surface area contributed by atoms with Crippen molar-refractivity contribution in [3.63, 3.8) is 0 Å². The Balaban J connectivity index is 0.00000261. The molecule has 1 aromatic carbocycles. The Hall–Kier alpha value is -2.25. The molecule has 0 aliphatic heterocycles. The van der Waals surface area contributed by atoms with E-state index in [0.29, 0.717) is 5.75 Å². The van der Waals surface area contributed by atoms with Crippen molar-refractivity contribution in [1.29, 1.82) is 5.26 Å². The van der Waals surface area contributed by atoms with Crippen LogP contribution in [0.4, 0.5) is 5.82 Å². The minimum atomic E-state index is -0.891. The SMILES string of the molecule is N#Cc1nn(-c2cc(Cl)c(Oc3c[c-]c(N)nc3)c(Cl)c2)c(=O)[nH]c1=O.[Y]. The minimum Gasteiger partial charge on any atom is -0.542 e. The van der Waals surface area contributed by atoms with Crippen molar-refractivity contribution in [3.05, 3.63) is 67.0 Å². The Labute approximate surface area is 186 Å². The molecule has 0 fully saturated rings. The average Bonchev–Trinajstić information content (AvgIpc) is 2.60. The number of nitrogen functional groups attached to an aromatic ring is 1. The van der Waals surface area contributed by atoms with Crippen LogP contribution in [-0.4, -0.2) is 19.7 Å². The number of nitriles is 1. The third-order valence-corrected chi connectivity index (χ3v) is 3.64. The van der Waals surface area contributed by atoms with Gasteiger partial charge in [-0.25, -0.2) is 10.9 Å². The predicted molar refractivity (Wildman–Crippen MR) is 92.7 cm³/mol. The number of nitrogens with one attached hydrogen (secondary N) is 1. The molecule has 3 N–H and O–H groups in total. The third kappa shape index (κ3) is 4.54. The molecule has 0 spiro atoms. The molecule has 0 unspecified atom stereocenters. The van der Waals surface area contributed by atoms with E-state index in [2.05, 4.69) is 16.1 Å². The number of aromatic amines is 1. The van der Waals surface area contributed by atoms with E-state index in [1.165, 1.54) is 24.4 Å². The van der Waals surface area contributed by atoms with Gasteiger partial charge in [0, 0.05) is 38.5 Å². The van der Waals surface area contributed by atoms with E-state index in [-0.39, 0.29) is 60.0 Å². The summed E-state index contributed by atoms with van der Waals surface area (Å²) < 4.78 is 6.34. The van der Waals surface area contributed by atoms with E-state index >= 15 is 0 Å². The van der Waals surface area contributed by atoms with E-state index in [9.17, 15) is 9.59 Å². The van der Waals surface area contributed by atoms with E-state index in [1.807, 2.05) is 4.98 Å². The second-order valence-electron chi connectivity index (χ2n) is 4.81. The molecule has 2 heterocycles. The molecular formula is C15H7Cl2N6O3Y-. The number of anilines is 1. The van der Waals surface area contributed by atoms with Crippen LogP contribution in [0.15, 0.2) is 34.0 Å². The summed E-state index contributed by atoms with van der Waals surface area (Å²) >= 11 is 12.4. The average molecular weight is 479 g/mol. The van der Waals surface area contributed by atoms with Crippen LogP contribution in [0.2, 0.25) is 10.0 Å². The van der Waals surface area contributed by atoms with Gasteiger partial charge in [-0.05, 0) is 24.1 Å². The maximum atomic E-state index is 11.9. The standard InChI is InChI=1S/C15H7Cl2N6O3.Y/c16-9-3-7(23-15(25)21-14(24)11(5-18)22-23)4-10(17)13(9)26-8-1-2-12(19)20-6-8;/h1,3-4,6H,(H2,19,20)(H,21,24,25);/q-1;. The van der Waals surface area contributed by atoms with Crippen LogP contribution in [0.5, 0.6) is 11.5 Å². The molecular weight excluding hydrogens is 472 g/mol. The summed E-state index contributed by atoms with van der Waals surface area (Å²) in [7, 11) is 0. The molecule has 3 aromatic rings. The third-order valence-electron chi connectivity index (χ3n) is 3.07. The normalized spacial score (nSPS) is 9.96. The fourth-order valence-electron chi connectivity index (χ4n) is 1.94. The van der Waals surface area contributed by atoms with Gasteiger partial charge >= 0.3 is 5.69 Å². The van der Waals surface area contributed by atoms with Crippen molar-refractivity contribution in [2.45, 2.75) is 0 Å². The first-order valence-corrected chi connectivity index (χ1v) is 7.59. The van der Waals surface area contributed by atoms with Gasteiger partial charge in [-0.1, -0.05) is 23.2 Å². The second kappa shape index (κ2) is 8.63. The summed E-state index contributed by atoms with van der Waals surface area (Å²) in [6.07, 6.45) is 1.36. The monoisotopic (exact) mass is 478 g/mol. The molecule has 0 atom stereocenters. The Kier molecular flexibility index (Phi) is 6.73. The van der Waals surface area contributed by atoms with Gasteiger partial charge in [0.1, 0.15) is 11.8 Å². The van der Waals surface area contributed by atoms with Crippen LogP contribution < -0.4 is 21.7 Å². The number of ether oxygens (including phenoxy) is 1. The van der Waals surface area contributed by atoms with Gasteiger partial charge in [-0.3, -0.25) is 14.8 Å². The first kappa shape index (κ1) is 21.1. The number of nitrogens with two attached hydrogens (primary N) is 1. The molecule has 0 aliphatic rings. The summed E-state index contributed by atoms with van der Waals surface area (Å²) in [5, 5.41) is 12.7. The first-order chi connectivity index (χ1) is 12.4. The number of hydrogen-bond acceptors (Lipinski definition) is 7. The number of aromatic nitrogens is 4. The zero-order valence-corrected chi connectivity index (χ0v) is 17.6. The molecule has 0 bridgehead atoms. The van der Waals surface area contributed by atoms with Crippen LogP contribution in [0.1, 0.15) is 5.69 Å². The zero-order chi connectivity index (χ0) is 18.8. The first-order valence-electron chi connectivity index (χ1n) is 6.83. The Morgan fingerprint density at radius 1 is 1.30 bits per heavy atom. The van der Waals surface area contributed by atoms with Crippen molar-refractivity contribution < 1.29 is 37.4 Å². The van der Waals surface area contributed by atoms with Crippen molar-refractivity contribution in [1.82, 2.24) is 19.7 Å². The van der Waals surface area contributed by atoms with Crippen molar-refractivity contribution in [3.8, 4) is 23.3 Å². The van der Waals surface area contributed by atoms with Gasteiger partial charge in [0.25, 0.3) is 5.56 Å². The minimum absolute atomic E-state index is 0. The van der Waals surface area contributed by atoms with Crippen molar-refractivity contribution in [2.75, 3.05) is 5.73 Å². The van der Waals surface area contributed by atoms with Gasteiger partial charge in [-0.2, -0.15) is 16.0 Å². The molecule has 0 amide bonds. The second-order valence-corrected chi connectivity index (χ2v) is 5.62. The number of pyridine rings is 1. The topological polar surface area (TPSA) is 140 Å². The molecule has 0 saturated carbocycles. The largest absolute Gasteiger partial charge is 0.542 e. The molecule has 9 nitrogen and oxygen atoms in total. The summed E-state index contributed by atoms with van der Waals surface area (Å²) in [6, 6.07) is 8.37. The molecule has 133 valence electrons. The quantitative estimate of drug-likeness (QED) is 0.545. The Morgan fingerprint density at radius 2 is 1.96 bits per heavy atom. The number of halogens is 2. The smallest absolute Gasteiger partial charge is 0.349 e. The molecule has 2 aromatic heterocycles. The molecule has 0 aliphatic carbocycles. The number of rotatable bonds is 3. The van der Waals surface area contributed by atoms with Crippen LogP contribution >= 0.6 is 23.2 Å². The summed E-state index contributed by atoms with van der Waals surface area (Å²) in [5.41, 5.74) is 3.35. The molecule has 12 heteroatoms. The number of H-pyrrole nitrogens is 1. The summed E-state index contributed by atoms with van der Waals surface area (Å²) in [4.78, 5) is 29.2. The van der Waals surface area contributed by atoms with Gasteiger partial charge in [-0.15, -0.1) is 5.10 Å². The molecule has 3 rings (SSSR count). The fraction of sp³-hybridized carbons (Fsp3) is 0.